The minimum absolute atomic E-state index is 0.230. The Morgan fingerprint density at radius 3 is 2.38 bits per heavy atom. The molecular weight excluding hydrogens is 548 g/mol. The third-order valence-corrected chi connectivity index (χ3v) is 8.34. The number of hydrogen-bond donors (Lipinski definition) is 1. The van der Waals surface area contributed by atoms with Crippen molar-refractivity contribution in [2.75, 3.05) is 37.5 Å². The molecule has 0 fully saturated rings. The first-order valence-corrected chi connectivity index (χ1v) is 14.7. The molecule has 1 atom stereocenters. The zero-order valence-corrected chi connectivity index (χ0v) is 25.2. The molecule has 42 heavy (non-hydrogen) atoms. The van der Waals surface area contributed by atoms with Crippen molar-refractivity contribution >= 4 is 34.7 Å². The van der Waals surface area contributed by atoms with Gasteiger partial charge >= 0.3 is 0 Å². The van der Waals surface area contributed by atoms with Gasteiger partial charge in [-0.1, -0.05) is 41.7 Å². The molecule has 3 aromatic carbocycles. The number of thiazole rings is 1. The molecule has 0 aliphatic carbocycles. The molecule has 2 heterocycles. The zero-order valence-electron chi connectivity index (χ0n) is 24.4. The van der Waals surface area contributed by atoms with Crippen LogP contribution >= 0.6 is 11.3 Å². The average molecular weight is 583 g/mol. The lowest BCUT2D eigenvalue weighted by atomic mass is 9.94. The van der Waals surface area contributed by atoms with E-state index in [0.717, 1.165) is 24.3 Å². The highest BCUT2D eigenvalue weighted by molar-refractivity contribution is 7.07. The second-order valence-corrected chi connectivity index (χ2v) is 10.8. The van der Waals surface area contributed by atoms with Crippen molar-refractivity contribution in [3.63, 3.8) is 0 Å². The van der Waals surface area contributed by atoms with Crippen molar-refractivity contribution < 1.29 is 14.3 Å². The normalized spacial score (nSPS) is 14.7. The van der Waals surface area contributed by atoms with Crippen LogP contribution in [0.25, 0.3) is 6.08 Å². The number of allylic oxidation sites excluding steroid dienone is 1. The monoisotopic (exact) mass is 582 g/mol. The molecule has 1 amide bonds. The molecule has 1 N–H and O–H groups in total. The van der Waals surface area contributed by atoms with Gasteiger partial charge in [-0.3, -0.25) is 14.2 Å². The largest absolute Gasteiger partial charge is 0.497 e. The predicted molar refractivity (Wildman–Crippen MR) is 168 cm³/mol. The number of nitrogens with zero attached hydrogens (tertiary/aromatic N) is 3. The Labute approximate surface area is 248 Å². The molecule has 0 saturated heterocycles. The van der Waals surface area contributed by atoms with Crippen LogP contribution in [0.4, 0.5) is 11.4 Å². The number of fused-ring (bicyclic) bond motifs is 1. The number of amides is 1. The Bertz CT molecular complexity index is 1800. The maximum absolute atomic E-state index is 14.1. The van der Waals surface area contributed by atoms with Gasteiger partial charge in [-0.25, -0.2) is 4.99 Å². The fourth-order valence-corrected chi connectivity index (χ4v) is 6.24. The van der Waals surface area contributed by atoms with E-state index in [2.05, 4.69) is 36.2 Å². The molecule has 0 bridgehead atoms. The van der Waals surface area contributed by atoms with Crippen molar-refractivity contribution in [2.24, 2.45) is 4.99 Å². The summed E-state index contributed by atoms with van der Waals surface area (Å²) < 4.78 is 13.3. The van der Waals surface area contributed by atoms with E-state index in [1.807, 2.05) is 54.6 Å². The summed E-state index contributed by atoms with van der Waals surface area (Å²) in [5.41, 5.74) is 4.01. The second-order valence-electron chi connectivity index (χ2n) is 9.77. The summed E-state index contributed by atoms with van der Waals surface area (Å²) in [6.45, 7) is 7.89. The third-order valence-electron chi connectivity index (χ3n) is 7.35. The molecule has 8 nitrogen and oxygen atoms in total. The Morgan fingerprint density at radius 2 is 1.74 bits per heavy atom. The van der Waals surface area contributed by atoms with Crippen molar-refractivity contribution in [3.05, 3.63) is 115 Å². The molecule has 1 aliphatic rings. The summed E-state index contributed by atoms with van der Waals surface area (Å²) in [5.74, 6) is 0.763. The maximum atomic E-state index is 14.1. The van der Waals surface area contributed by atoms with Gasteiger partial charge in [-0.2, -0.15) is 0 Å². The molecule has 0 unspecified atom stereocenters. The Kier molecular flexibility index (Phi) is 8.59. The van der Waals surface area contributed by atoms with Crippen LogP contribution in [0.15, 0.2) is 93.9 Å². The van der Waals surface area contributed by atoms with Crippen molar-refractivity contribution in [1.29, 1.82) is 0 Å². The van der Waals surface area contributed by atoms with E-state index < -0.39 is 6.04 Å². The number of carbonyl (C=O) groups is 1. The van der Waals surface area contributed by atoms with Gasteiger partial charge in [0.25, 0.3) is 11.5 Å². The average Bonchev–Trinajstić information content (AvgIpc) is 3.31. The summed E-state index contributed by atoms with van der Waals surface area (Å²) in [7, 11) is 3.14. The summed E-state index contributed by atoms with van der Waals surface area (Å²) >= 11 is 1.30. The zero-order chi connectivity index (χ0) is 29.8. The smallest absolute Gasteiger partial charge is 0.271 e. The molecule has 1 aromatic heterocycles. The number of hydrogen-bond acceptors (Lipinski definition) is 7. The third kappa shape index (κ3) is 5.60. The van der Waals surface area contributed by atoms with E-state index in [1.54, 1.807) is 37.8 Å². The summed E-state index contributed by atoms with van der Waals surface area (Å²) in [4.78, 5) is 35.4. The first kappa shape index (κ1) is 28.9. The fourth-order valence-electron chi connectivity index (χ4n) is 5.19. The van der Waals surface area contributed by atoms with E-state index in [0.29, 0.717) is 43.4 Å². The molecule has 4 aromatic rings. The molecule has 9 heteroatoms. The first-order chi connectivity index (χ1) is 20.4. The second kappa shape index (κ2) is 12.5. The van der Waals surface area contributed by atoms with Crippen LogP contribution in [-0.2, 0) is 4.79 Å². The van der Waals surface area contributed by atoms with Gasteiger partial charge in [0.2, 0.25) is 0 Å². The molecule has 0 saturated carbocycles. The molecule has 1 aliphatic heterocycles. The lowest BCUT2D eigenvalue weighted by Crippen LogP contribution is -2.40. The number of rotatable bonds is 9. The van der Waals surface area contributed by atoms with E-state index >= 15 is 0 Å². The van der Waals surface area contributed by atoms with E-state index in [9.17, 15) is 9.59 Å². The van der Waals surface area contributed by atoms with Crippen LogP contribution in [0.5, 0.6) is 11.5 Å². The quantitative estimate of drug-likeness (QED) is 0.308. The number of para-hydroxylation sites is 1. The maximum Gasteiger partial charge on any atom is 0.271 e. The lowest BCUT2D eigenvalue weighted by Gasteiger charge is -2.26. The van der Waals surface area contributed by atoms with E-state index in [4.69, 9.17) is 14.5 Å². The SMILES string of the molecule is CCN(CC)c1ccc(/C=c2\sc3n(c2=O)[C@H](c2ccc(OC)cc2OC)C(C(=O)Nc2ccccc2)=C(C)N=3)cc1. The molecule has 5 rings (SSSR count). The molecule has 0 spiro atoms. The number of benzene rings is 3. The summed E-state index contributed by atoms with van der Waals surface area (Å²) in [5, 5.41) is 2.98. The number of carbonyl (C=O) groups excluding carboxylic acids is 1. The van der Waals surface area contributed by atoms with Gasteiger partial charge in [0, 0.05) is 36.1 Å². The minimum atomic E-state index is -0.766. The van der Waals surface area contributed by atoms with Gasteiger partial charge in [0.1, 0.15) is 17.5 Å². The lowest BCUT2D eigenvalue weighted by molar-refractivity contribution is -0.113. The number of anilines is 2. The highest BCUT2D eigenvalue weighted by Gasteiger charge is 2.34. The highest BCUT2D eigenvalue weighted by Crippen LogP contribution is 2.37. The number of ether oxygens (including phenoxy) is 2. The van der Waals surface area contributed by atoms with E-state index in [-0.39, 0.29) is 11.5 Å². The Hall–Kier alpha value is -4.63. The highest BCUT2D eigenvalue weighted by atomic mass is 32.1. The standard InChI is InChI=1S/C33H34N4O4S/c1-6-36(7-2)24-15-13-22(14-16-24)19-28-32(39)37-30(26-18-17-25(40-4)20-27(26)41-5)29(21(3)34-33(37)42-28)31(38)35-23-11-9-8-10-12-23/h8-20,30H,6-7H2,1-5H3,(H,35,38)/b28-19-/t30-/m1/s1. The molecule has 0 radical (unpaired) electrons. The van der Waals surface area contributed by atoms with E-state index in [1.165, 1.54) is 11.3 Å². The number of aromatic nitrogens is 1. The van der Waals surface area contributed by atoms with Crippen LogP contribution in [0.2, 0.25) is 0 Å². The minimum Gasteiger partial charge on any atom is -0.497 e. The Morgan fingerprint density at radius 1 is 1.02 bits per heavy atom. The van der Waals surface area contributed by atoms with Crippen LogP contribution in [0, 0.1) is 0 Å². The summed E-state index contributed by atoms with van der Waals surface area (Å²) in [6.07, 6.45) is 1.88. The Balaban J connectivity index is 1.66. The van der Waals surface area contributed by atoms with Gasteiger partial charge < -0.3 is 19.7 Å². The van der Waals surface area contributed by atoms with Crippen molar-refractivity contribution in [1.82, 2.24) is 4.57 Å². The van der Waals surface area contributed by atoms with Gasteiger partial charge in [0.05, 0.1) is 30.0 Å². The van der Waals surface area contributed by atoms with Crippen molar-refractivity contribution in [3.8, 4) is 11.5 Å². The van der Waals surface area contributed by atoms with Gasteiger partial charge in [0.15, 0.2) is 4.80 Å². The van der Waals surface area contributed by atoms with Crippen LogP contribution in [0.3, 0.4) is 0 Å². The first-order valence-electron chi connectivity index (χ1n) is 13.8. The van der Waals surface area contributed by atoms with Crippen molar-refractivity contribution in [2.45, 2.75) is 26.8 Å². The van der Waals surface area contributed by atoms with Gasteiger partial charge in [-0.15, -0.1) is 0 Å². The van der Waals surface area contributed by atoms with Crippen LogP contribution in [0.1, 0.15) is 37.9 Å². The topological polar surface area (TPSA) is 85.2 Å². The fraction of sp³-hybridized carbons (Fsp3) is 0.242. The number of methoxy groups -OCH3 is 2. The van der Waals surface area contributed by atoms with Gasteiger partial charge in [-0.05, 0) is 68.8 Å². The molecule has 216 valence electrons. The summed E-state index contributed by atoms with van der Waals surface area (Å²) in [6, 6.07) is 22.0. The van der Waals surface area contributed by atoms with Crippen LogP contribution < -0.4 is 34.6 Å². The van der Waals surface area contributed by atoms with Crippen LogP contribution in [-0.4, -0.2) is 37.8 Å². The number of nitrogens with one attached hydrogen (secondary N) is 1. The molecular formula is C33H34N4O4S. The predicted octanol–water partition coefficient (Wildman–Crippen LogP) is 4.74.